The maximum atomic E-state index is 12.5. The third-order valence-electron chi connectivity index (χ3n) is 4.03. The van der Waals surface area contributed by atoms with Gasteiger partial charge in [0.15, 0.2) is 19.7 Å². The molecule has 0 heterocycles. The summed E-state index contributed by atoms with van der Waals surface area (Å²) in [5.41, 5.74) is 0. The van der Waals surface area contributed by atoms with E-state index in [9.17, 15) is 67.3 Å². The summed E-state index contributed by atoms with van der Waals surface area (Å²) >= 11 is 0. The average molecular weight is 746 g/mol. The monoisotopic (exact) mass is 745 g/mol. The third-order valence-corrected chi connectivity index (χ3v) is 27.2. The first-order chi connectivity index (χ1) is 16.4. The molecular formula is C11H25O19S8Si. The molecule has 1 radical (unpaired) electrons. The molecule has 0 rings (SSSR count). The molecule has 0 amide bonds. The Morgan fingerprint density at radius 2 is 0.590 bits per heavy atom. The van der Waals surface area contributed by atoms with E-state index in [1.807, 2.05) is 0 Å². The van der Waals surface area contributed by atoms with Crippen LogP contribution in [0, 0.1) is 0 Å². The first-order valence-electron chi connectivity index (χ1n) is 8.89. The van der Waals surface area contributed by atoms with Crippen molar-refractivity contribution in [2.45, 2.75) is 12.0 Å². The van der Waals surface area contributed by atoms with Crippen LogP contribution < -0.4 is 0 Å². The second-order valence-corrected chi connectivity index (χ2v) is 28.0. The molecule has 0 aliphatic carbocycles. The molecule has 0 aliphatic rings. The van der Waals surface area contributed by atoms with Crippen molar-refractivity contribution >= 4 is 88.2 Å². The molecule has 0 fully saturated rings. The highest BCUT2D eigenvalue weighted by atomic mass is 32.3. The average Bonchev–Trinajstić information content (AvgIpc) is 2.51. The predicted molar refractivity (Wildman–Crippen MR) is 137 cm³/mol. The van der Waals surface area contributed by atoms with E-state index in [0.29, 0.717) is 0 Å². The maximum Gasteiger partial charge on any atom is 0.585 e. The van der Waals surface area contributed by atoms with Crippen molar-refractivity contribution in [3.05, 3.63) is 0 Å². The standard InChI is InChI=1S/C11H25O19S8Si/c1-31(12,13)9(32(2,14)15)28-39(29-10(33(3,16)17,34(4,18)19)35(5,20)21)30-11(36(6,22)23,37(7,24)25)38(8,26)27/h9H,1-8H3. The summed E-state index contributed by atoms with van der Waals surface area (Å²) in [6.45, 7) is 0. The van der Waals surface area contributed by atoms with Gasteiger partial charge in [0.25, 0.3) is 4.77 Å². The molecule has 28 heteroatoms. The van der Waals surface area contributed by atoms with E-state index >= 15 is 0 Å². The molecule has 0 aliphatic heterocycles. The summed E-state index contributed by atoms with van der Waals surface area (Å²) in [7, 11) is -49.6. The van der Waals surface area contributed by atoms with Gasteiger partial charge >= 0.3 is 16.7 Å². The van der Waals surface area contributed by atoms with Crippen LogP contribution in [0.4, 0.5) is 0 Å². The largest absolute Gasteiger partial charge is 0.585 e. The molecule has 0 N–H and O–H groups in total. The van der Waals surface area contributed by atoms with Crippen molar-refractivity contribution in [1.82, 2.24) is 0 Å². The van der Waals surface area contributed by atoms with Crippen molar-refractivity contribution in [2.75, 3.05) is 50.0 Å². The second-order valence-electron chi connectivity index (χ2n) is 8.15. The Morgan fingerprint density at radius 1 is 0.410 bits per heavy atom. The Bertz CT molecular complexity index is 1570. The van der Waals surface area contributed by atoms with Gasteiger partial charge in [-0.2, -0.15) is 0 Å². The molecule has 0 aromatic heterocycles. The lowest BCUT2D eigenvalue weighted by molar-refractivity contribution is 0.0901. The molecule has 0 bridgehead atoms. The third kappa shape index (κ3) is 7.56. The molecule has 235 valence electrons. The first-order valence-corrected chi connectivity index (χ1v) is 25.4. The summed E-state index contributed by atoms with van der Waals surface area (Å²) in [5, 5.41) is 0. The Hall–Kier alpha value is -0.303. The van der Waals surface area contributed by atoms with E-state index in [1.54, 1.807) is 0 Å². The van der Waals surface area contributed by atoms with Gasteiger partial charge in [-0.3, -0.25) is 0 Å². The zero-order valence-corrected chi connectivity index (χ0v) is 28.6. The SMILES string of the molecule is CS(=O)(=O)C(O[Si](OC(S(C)(=O)=O)(S(C)(=O)=O)S(C)(=O)=O)OC(S(C)(=O)=O)(S(C)(=O)=O)S(C)(=O)=O)S(C)(=O)=O. The van der Waals surface area contributed by atoms with Crippen molar-refractivity contribution in [1.29, 1.82) is 0 Å². The summed E-state index contributed by atoms with van der Waals surface area (Å²) in [4.78, 5) is 0. The normalized spacial score (nSPS) is 16.1. The Balaban J connectivity index is 8.32. The summed E-state index contributed by atoms with van der Waals surface area (Å²) < 4.78 is 200. The zero-order valence-electron chi connectivity index (χ0n) is 21.1. The maximum absolute atomic E-state index is 12.5. The highest BCUT2D eigenvalue weighted by molar-refractivity contribution is 8.25. The minimum Gasteiger partial charge on any atom is -0.341 e. The topological polar surface area (TPSA) is 301 Å². The van der Waals surface area contributed by atoms with E-state index in [-0.39, 0.29) is 50.0 Å². The van der Waals surface area contributed by atoms with E-state index < -0.39 is 100 Å². The van der Waals surface area contributed by atoms with Gasteiger partial charge in [-0.05, 0) is 0 Å². The predicted octanol–water partition coefficient (Wildman–Crippen LogP) is -5.12. The lowest BCUT2D eigenvalue weighted by Gasteiger charge is -2.35. The van der Waals surface area contributed by atoms with Crippen LogP contribution in [0.2, 0.25) is 0 Å². The van der Waals surface area contributed by atoms with E-state index in [2.05, 4.69) is 13.3 Å². The minimum absolute atomic E-state index is 0.0594. The number of sulfone groups is 8. The molecule has 0 aromatic rings. The second kappa shape index (κ2) is 10.8. The van der Waals surface area contributed by atoms with Crippen LogP contribution in [0.5, 0.6) is 0 Å². The van der Waals surface area contributed by atoms with E-state index in [1.165, 1.54) is 0 Å². The molecule has 0 spiro atoms. The number of hydrogen-bond acceptors (Lipinski definition) is 19. The van der Waals surface area contributed by atoms with E-state index in [0.717, 1.165) is 0 Å². The fourth-order valence-electron chi connectivity index (χ4n) is 2.95. The quantitative estimate of drug-likeness (QED) is 0.150. The van der Waals surface area contributed by atoms with Gasteiger partial charge in [0.05, 0.1) is 0 Å². The fourth-order valence-corrected chi connectivity index (χ4v) is 26.1. The molecule has 39 heavy (non-hydrogen) atoms. The highest BCUT2D eigenvalue weighted by Crippen LogP contribution is 2.37. The number of hydrogen-bond donors (Lipinski definition) is 0. The van der Waals surface area contributed by atoms with Crippen molar-refractivity contribution in [3.8, 4) is 0 Å². The van der Waals surface area contributed by atoms with Gasteiger partial charge in [0.2, 0.25) is 59.0 Å². The van der Waals surface area contributed by atoms with Crippen LogP contribution in [0.3, 0.4) is 0 Å². The van der Waals surface area contributed by atoms with Gasteiger partial charge in [-0.15, -0.1) is 0 Å². The van der Waals surface area contributed by atoms with Crippen molar-refractivity contribution < 1.29 is 80.6 Å². The lowest BCUT2D eigenvalue weighted by Crippen LogP contribution is -2.62. The molecule has 0 atom stereocenters. The Morgan fingerprint density at radius 3 is 0.718 bits per heavy atom. The minimum atomic E-state index is -5.69. The Labute approximate surface area is 229 Å². The van der Waals surface area contributed by atoms with Crippen LogP contribution in [-0.2, 0) is 92.0 Å². The summed E-state index contributed by atoms with van der Waals surface area (Å²) in [6, 6.07) is 0. The molecule has 0 aromatic carbocycles. The Kier molecular flexibility index (Phi) is 10.7. The fraction of sp³-hybridized carbons (Fsp3) is 1.00. The highest BCUT2D eigenvalue weighted by Gasteiger charge is 2.68. The summed E-state index contributed by atoms with van der Waals surface area (Å²) in [6.07, 6.45) is -0.0387. The van der Waals surface area contributed by atoms with Crippen LogP contribution in [0.25, 0.3) is 0 Å². The molecule has 19 nitrogen and oxygen atoms in total. The zero-order chi connectivity index (χ0) is 32.3. The molecule has 0 saturated carbocycles. The first kappa shape index (κ1) is 38.7. The van der Waals surface area contributed by atoms with Gasteiger partial charge < -0.3 is 13.3 Å². The number of rotatable bonds is 14. The lowest BCUT2D eigenvalue weighted by atomic mass is 11.6. The van der Waals surface area contributed by atoms with E-state index in [4.69, 9.17) is 0 Å². The van der Waals surface area contributed by atoms with Crippen molar-refractivity contribution in [2.24, 2.45) is 0 Å². The van der Waals surface area contributed by atoms with Gasteiger partial charge in [0, 0.05) is 50.0 Å². The van der Waals surface area contributed by atoms with Crippen LogP contribution in [0.15, 0.2) is 0 Å². The van der Waals surface area contributed by atoms with Gasteiger partial charge in [0.1, 0.15) is 0 Å². The van der Waals surface area contributed by atoms with Crippen LogP contribution >= 0.6 is 0 Å². The van der Waals surface area contributed by atoms with Crippen molar-refractivity contribution in [3.63, 3.8) is 0 Å². The van der Waals surface area contributed by atoms with Crippen LogP contribution in [0.1, 0.15) is 0 Å². The van der Waals surface area contributed by atoms with Gasteiger partial charge in [-0.25, -0.2) is 67.3 Å². The van der Waals surface area contributed by atoms with Crippen LogP contribution in [-0.4, -0.2) is 139 Å². The summed E-state index contributed by atoms with van der Waals surface area (Å²) in [5.74, 6) is 0. The molecule has 0 unspecified atom stereocenters. The van der Waals surface area contributed by atoms with Gasteiger partial charge in [-0.1, -0.05) is 0 Å². The molecular weight excluding hydrogens is 721 g/mol. The smallest absolute Gasteiger partial charge is 0.341 e. The molecule has 0 saturated heterocycles.